The van der Waals surface area contributed by atoms with Crippen molar-refractivity contribution in [2.75, 3.05) is 7.11 Å². The van der Waals surface area contributed by atoms with Crippen molar-refractivity contribution in [1.82, 2.24) is 5.32 Å². The third-order valence-electron chi connectivity index (χ3n) is 3.93. The van der Waals surface area contributed by atoms with Crippen molar-refractivity contribution < 1.29 is 19.4 Å². The lowest BCUT2D eigenvalue weighted by Gasteiger charge is -2.14. The van der Waals surface area contributed by atoms with Crippen molar-refractivity contribution in [3.63, 3.8) is 0 Å². The van der Waals surface area contributed by atoms with Crippen LogP contribution in [0.1, 0.15) is 30.4 Å². The van der Waals surface area contributed by atoms with E-state index >= 15 is 0 Å². The first-order valence-electron chi connectivity index (χ1n) is 7.15. The van der Waals surface area contributed by atoms with Crippen molar-refractivity contribution in [3.8, 4) is 5.75 Å². The molecule has 0 heterocycles. The second kappa shape index (κ2) is 6.61. The van der Waals surface area contributed by atoms with Gasteiger partial charge in [0, 0.05) is 11.6 Å². The summed E-state index contributed by atoms with van der Waals surface area (Å²) in [5, 5.41) is 11.9. The summed E-state index contributed by atoms with van der Waals surface area (Å²) in [5.41, 5.74) is 1.92. The van der Waals surface area contributed by atoms with Crippen LogP contribution in [-0.4, -0.2) is 30.1 Å². The van der Waals surface area contributed by atoms with E-state index in [-0.39, 0.29) is 24.3 Å². The molecule has 5 nitrogen and oxygen atoms in total. The molecule has 5 heteroatoms. The van der Waals surface area contributed by atoms with Gasteiger partial charge in [-0.05, 0) is 32.3 Å². The molecule has 0 bridgehead atoms. The number of benzene rings is 1. The van der Waals surface area contributed by atoms with E-state index in [0.29, 0.717) is 18.6 Å². The maximum Gasteiger partial charge on any atom is 0.306 e. The zero-order chi connectivity index (χ0) is 15.4. The minimum atomic E-state index is -0.771. The quantitative estimate of drug-likeness (QED) is 0.869. The number of nitrogens with one attached hydrogen (secondary N) is 1. The van der Waals surface area contributed by atoms with E-state index in [2.05, 4.69) is 5.32 Å². The Morgan fingerprint density at radius 3 is 2.76 bits per heavy atom. The fourth-order valence-electron chi connectivity index (χ4n) is 2.83. The summed E-state index contributed by atoms with van der Waals surface area (Å²) in [6.45, 7) is 1.97. The van der Waals surface area contributed by atoms with Gasteiger partial charge in [0.05, 0.1) is 19.4 Å². The number of carboxylic acids is 1. The first-order valence-corrected chi connectivity index (χ1v) is 7.15. The van der Waals surface area contributed by atoms with Gasteiger partial charge in [-0.1, -0.05) is 17.7 Å². The maximum atomic E-state index is 12.1. The van der Waals surface area contributed by atoms with Crippen molar-refractivity contribution in [3.05, 3.63) is 29.3 Å². The summed E-state index contributed by atoms with van der Waals surface area (Å²) < 4.78 is 5.26. The summed E-state index contributed by atoms with van der Waals surface area (Å²) in [5.74, 6) is -0.489. The zero-order valence-electron chi connectivity index (χ0n) is 12.4. The van der Waals surface area contributed by atoms with E-state index in [1.165, 1.54) is 0 Å². The Morgan fingerprint density at radius 2 is 2.14 bits per heavy atom. The smallest absolute Gasteiger partial charge is 0.306 e. The molecular weight excluding hydrogens is 270 g/mol. The molecule has 2 atom stereocenters. The first-order chi connectivity index (χ1) is 9.99. The van der Waals surface area contributed by atoms with Gasteiger partial charge in [0.25, 0.3) is 0 Å². The average molecular weight is 291 g/mol. The average Bonchev–Trinajstić information content (AvgIpc) is 2.87. The van der Waals surface area contributed by atoms with Crippen molar-refractivity contribution in [1.29, 1.82) is 0 Å². The molecule has 1 aromatic rings. The Kier molecular flexibility index (Phi) is 4.83. The van der Waals surface area contributed by atoms with Gasteiger partial charge in [0.1, 0.15) is 5.75 Å². The lowest BCUT2D eigenvalue weighted by molar-refractivity contribution is -0.141. The summed E-state index contributed by atoms with van der Waals surface area (Å²) in [4.78, 5) is 23.0. The second-order valence-electron chi connectivity index (χ2n) is 5.60. The van der Waals surface area contributed by atoms with Crippen LogP contribution >= 0.6 is 0 Å². The summed E-state index contributed by atoms with van der Waals surface area (Å²) in [7, 11) is 1.58. The van der Waals surface area contributed by atoms with Crippen LogP contribution < -0.4 is 10.1 Å². The molecule has 1 fully saturated rings. The number of carbonyl (C=O) groups is 2. The molecular formula is C16H21NO4. The van der Waals surface area contributed by atoms with Crippen LogP contribution in [0.25, 0.3) is 0 Å². The van der Waals surface area contributed by atoms with Gasteiger partial charge in [-0.15, -0.1) is 0 Å². The van der Waals surface area contributed by atoms with Gasteiger partial charge in [0.2, 0.25) is 5.91 Å². The highest BCUT2D eigenvalue weighted by atomic mass is 16.5. The summed E-state index contributed by atoms with van der Waals surface area (Å²) in [6.07, 6.45) is 2.13. The predicted octanol–water partition coefficient (Wildman–Crippen LogP) is 1.92. The number of rotatable bonds is 5. The van der Waals surface area contributed by atoms with Crippen molar-refractivity contribution in [2.24, 2.45) is 5.92 Å². The minimum Gasteiger partial charge on any atom is -0.496 e. The molecule has 21 heavy (non-hydrogen) atoms. The van der Waals surface area contributed by atoms with Gasteiger partial charge in [0.15, 0.2) is 0 Å². The monoisotopic (exact) mass is 291 g/mol. The van der Waals surface area contributed by atoms with Gasteiger partial charge in [-0.3, -0.25) is 9.59 Å². The van der Waals surface area contributed by atoms with E-state index in [1.54, 1.807) is 7.11 Å². The van der Waals surface area contributed by atoms with Crippen LogP contribution in [0.5, 0.6) is 5.75 Å². The standard InChI is InChI=1S/C16H21NO4/c1-10-3-6-14(21-2)12(7-10)9-15(18)17-13-5-4-11(8-13)16(19)20/h3,6-7,11,13H,4-5,8-9H2,1-2H3,(H,17,18)(H,19,20)/t11-,13+/m0/s1. The number of carbonyl (C=O) groups excluding carboxylic acids is 1. The van der Waals surface area contributed by atoms with E-state index in [4.69, 9.17) is 9.84 Å². The molecule has 0 saturated heterocycles. The van der Waals surface area contributed by atoms with E-state index in [0.717, 1.165) is 17.5 Å². The molecule has 0 aliphatic heterocycles. The fourth-order valence-corrected chi connectivity index (χ4v) is 2.83. The molecule has 1 amide bonds. The predicted molar refractivity (Wildman–Crippen MR) is 78.3 cm³/mol. The molecule has 1 aromatic carbocycles. The Hall–Kier alpha value is -2.04. The van der Waals surface area contributed by atoms with E-state index in [1.807, 2.05) is 25.1 Å². The molecule has 2 rings (SSSR count). The van der Waals surface area contributed by atoms with Gasteiger partial charge in [-0.25, -0.2) is 0 Å². The number of hydrogen-bond donors (Lipinski definition) is 2. The number of amides is 1. The first kappa shape index (κ1) is 15.4. The lowest BCUT2D eigenvalue weighted by atomic mass is 10.1. The third kappa shape index (κ3) is 3.97. The fraction of sp³-hybridized carbons (Fsp3) is 0.500. The minimum absolute atomic E-state index is 0.0330. The van der Waals surface area contributed by atoms with Crippen LogP contribution in [0, 0.1) is 12.8 Å². The van der Waals surface area contributed by atoms with E-state index < -0.39 is 5.97 Å². The number of hydrogen-bond acceptors (Lipinski definition) is 3. The largest absolute Gasteiger partial charge is 0.496 e. The second-order valence-corrected chi connectivity index (χ2v) is 5.60. The Balaban J connectivity index is 1.93. The Labute approximate surface area is 124 Å². The van der Waals surface area contributed by atoms with Crippen LogP contribution in [0.2, 0.25) is 0 Å². The molecule has 0 spiro atoms. The molecule has 0 unspecified atom stereocenters. The molecule has 0 aromatic heterocycles. The van der Waals surface area contributed by atoms with E-state index in [9.17, 15) is 9.59 Å². The van der Waals surface area contributed by atoms with Crippen LogP contribution in [0.15, 0.2) is 18.2 Å². The third-order valence-corrected chi connectivity index (χ3v) is 3.93. The normalized spacial score (nSPS) is 21.0. The highest BCUT2D eigenvalue weighted by Crippen LogP contribution is 2.26. The summed E-state index contributed by atoms with van der Waals surface area (Å²) in [6, 6.07) is 5.70. The molecule has 0 radical (unpaired) electrons. The molecule has 2 N–H and O–H groups in total. The SMILES string of the molecule is COc1ccc(C)cc1CC(=O)N[C@@H]1CC[C@H](C(=O)O)C1. The van der Waals surface area contributed by atoms with Gasteiger partial charge < -0.3 is 15.2 Å². The Bertz CT molecular complexity index is 541. The molecule has 1 aliphatic carbocycles. The highest BCUT2D eigenvalue weighted by Gasteiger charge is 2.30. The number of aliphatic carboxylic acids is 1. The van der Waals surface area contributed by atoms with Crippen molar-refractivity contribution >= 4 is 11.9 Å². The Morgan fingerprint density at radius 1 is 1.38 bits per heavy atom. The van der Waals surface area contributed by atoms with Crippen LogP contribution in [-0.2, 0) is 16.0 Å². The molecule has 1 saturated carbocycles. The topological polar surface area (TPSA) is 75.6 Å². The number of aryl methyl sites for hydroxylation is 1. The highest BCUT2D eigenvalue weighted by molar-refractivity contribution is 5.80. The lowest BCUT2D eigenvalue weighted by Crippen LogP contribution is -2.34. The van der Waals surface area contributed by atoms with Crippen LogP contribution in [0.3, 0.4) is 0 Å². The number of ether oxygens (including phenoxy) is 1. The molecule has 114 valence electrons. The van der Waals surface area contributed by atoms with Gasteiger partial charge in [-0.2, -0.15) is 0 Å². The summed E-state index contributed by atoms with van der Waals surface area (Å²) >= 11 is 0. The number of carboxylic acid groups (broad SMARTS) is 1. The zero-order valence-corrected chi connectivity index (χ0v) is 12.4. The maximum absolute atomic E-state index is 12.1. The molecule has 1 aliphatic rings. The van der Waals surface area contributed by atoms with Crippen LogP contribution in [0.4, 0.5) is 0 Å². The number of methoxy groups -OCH3 is 1. The van der Waals surface area contributed by atoms with Gasteiger partial charge >= 0.3 is 5.97 Å². The van der Waals surface area contributed by atoms with Crippen molar-refractivity contribution in [2.45, 2.75) is 38.6 Å².